The van der Waals surface area contributed by atoms with E-state index in [0.717, 1.165) is 38.5 Å². The molecular weight excluding hydrogens is 787 g/mol. The summed E-state index contributed by atoms with van der Waals surface area (Å²) in [6, 6.07) is -1.19. The van der Waals surface area contributed by atoms with E-state index >= 15 is 0 Å². The zero-order chi connectivity index (χ0) is 45.5. The molecule has 62 heavy (non-hydrogen) atoms. The lowest BCUT2D eigenvalue weighted by Crippen LogP contribution is -2.60. The molecule has 0 aromatic heterocycles. The standard InChI is InChI=1S/C51H97NO10/c1-3-5-7-9-11-13-15-17-19-21-23-25-27-29-31-33-35-37-39-44(55)50(60)52-42(41-61-51-49(59)48(58)47(57)45(40-53)62-51)46(56)43(54)38-36-34-32-30-28-26-24-22-20-18-16-14-12-10-8-6-4-2/h22,24,30,32,42-49,51,53-59H,3-21,23,25-29,31,33-41H2,1-2H3,(H,52,60)/b24-22+,32-30+. The minimum absolute atomic E-state index is 0.248. The molecule has 1 rings (SSSR count). The van der Waals surface area contributed by atoms with Crippen LogP contribution < -0.4 is 5.32 Å². The highest BCUT2D eigenvalue weighted by Crippen LogP contribution is 2.23. The van der Waals surface area contributed by atoms with Crippen LogP contribution in [0.15, 0.2) is 24.3 Å². The third-order valence-corrected chi connectivity index (χ3v) is 12.5. The van der Waals surface area contributed by atoms with Crippen LogP contribution in [0, 0.1) is 0 Å². The Morgan fingerprint density at radius 2 is 0.968 bits per heavy atom. The van der Waals surface area contributed by atoms with E-state index in [4.69, 9.17) is 9.47 Å². The number of hydrogen-bond acceptors (Lipinski definition) is 10. The van der Waals surface area contributed by atoms with E-state index in [-0.39, 0.29) is 12.8 Å². The van der Waals surface area contributed by atoms with E-state index in [1.54, 1.807) is 0 Å². The van der Waals surface area contributed by atoms with Crippen molar-refractivity contribution in [2.45, 2.75) is 281 Å². The topological polar surface area (TPSA) is 189 Å². The highest BCUT2D eigenvalue weighted by atomic mass is 16.7. The normalized spacial score (nSPS) is 21.5. The van der Waals surface area contributed by atoms with Gasteiger partial charge in [0.05, 0.1) is 25.4 Å². The second-order valence-corrected chi connectivity index (χ2v) is 18.2. The molecule has 0 saturated carbocycles. The second kappa shape index (κ2) is 41.1. The predicted octanol–water partition coefficient (Wildman–Crippen LogP) is 9.40. The Balaban J connectivity index is 2.42. The molecule has 9 unspecified atom stereocenters. The fourth-order valence-corrected chi connectivity index (χ4v) is 8.22. The lowest BCUT2D eigenvalue weighted by atomic mass is 9.98. The molecule has 1 heterocycles. The average molecular weight is 884 g/mol. The van der Waals surface area contributed by atoms with Crippen LogP contribution >= 0.6 is 0 Å². The quantitative estimate of drug-likeness (QED) is 0.0216. The Kier molecular flexibility index (Phi) is 38.8. The van der Waals surface area contributed by atoms with E-state index in [0.29, 0.717) is 19.3 Å². The van der Waals surface area contributed by atoms with E-state index in [2.05, 4.69) is 43.5 Å². The Bertz CT molecular complexity index is 1060. The molecule has 0 aliphatic carbocycles. The van der Waals surface area contributed by atoms with Crippen LogP contribution in [0.4, 0.5) is 0 Å². The molecule has 0 bridgehead atoms. The highest BCUT2D eigenvalue weighted by Gasteiger charge is 2.44. The summed E-state index contributed by atoms with van der Waals surface area (Å²) in [4.78, 5) is 13.1. The number of aliphatic hydroxyl groups is 7. The summed E-state index contributed by atoms with van der Waals surface area (Å²) < 4.78 is 11.1. The van der Waals surface area contributed by atoms with Crippen molar-refractivity contribution in [1.82, 2.24) is 5.32 Å². The number of ether oxygens (including phenoxy) is 2. The Morgan fingerprint density at radius 1 is 0.548 bits per heavy atom. The maximum Gasteiger partial charge on any atom is 0.249 e. The van der Waals surface area contributed by atoms with Crippen LogP contribution in [0.5, 0.6) is 0 Å². The third-order valence-electron chi connectivity index (χ3n) is 12.5. The van der Waals surface area contributed by atoms with Gasteiger partial charge in [0.2, 0.25) is 5.91 Å². The maximum atomic E-state index is 13.1. The number of hydrogen-bond donors (Lipinski definition) is 8. The van der Waals surface area contributed by atoms with Gasteiger partial charge in [-0.15, -0.1) is 0 Å². The number of aliphatic hydroxyl groups excluding tert-OH is 7. The fraction of sp³-hybridized carbons (Fsp3) is 0.902. The molecule has 0 aromatic carbocycles. The van der Waals surface area contributed by atoms with Crippen molar-refractivity contribution in [2.24, 2.45) is 0 Å². The van der Waals surface area contributed by atoms with Gasteiger partial charge in [-0.05, 0) is 51.4 Å². The van der Waals surface area contributed by atoms with Gasteiger partial charge in [0.25, 0.3) is 0 Å². The first-order valence-corrected chi connectivity index (χ1v) is 25.7. The molecule has 1 amide bonds. The van der Waals surface area contributed by atoms with Gasteiger partial charge in [-0.25, -0.2) is 0 Å². The van der Waals surface area contributed by atoms with E-state index < -0.39 is 74.2 Å². The lowest BCUT2D eigenvalue weighted by Gasteiger charge is -2.40. The van der Waals surface area contributed by atoms with Gasteiger partial charge < -0.3 is 50.5 Å². The van der Waals surface area contributed by atoms with Crippen molar-refractivity contribution in [3.8, 4) is 0 Å². The molecular formula is C51H97NO10. The van der Waals surface area contributed by atoms with E-state index in [1.807, 2.05) is 0 Å². The molecule has 11 nitrogen and oxygen atoms in total. The largest absolute Gasteiger partial charge is 0.394 e. The number of allylic oxidation sites excluding steroid dienone is 4. The summed E-state index contributed by atoms with van der Waals surface area (Å²) in [5.41, 5.74) is 0. The molecule has 1 fully saturated rings. The SMILES string of the molecule is CCCCCCCCCC/C=C/CC/C=C/CCCC(O)C(O)C(COC1OC(CO)C(O)C(O)C1O)NC(=O)C(O)CCCCCCCCCCCCCCCCCCCC. The number of amides is 1. The molecule has 9 atom stereocenters. The molecule has 0 spiro atoms. The minimum Gasteiger partial charge on any atom is -0.394 e. The number of unbranched alkanes of at least 4 members (excludes halogenated alkanes) is 27. The average Bonchev–Trinajstić information content (AvgIpc) is 3.27. The first kappa shape index (κ1) is 58.6. The van der Waals surface area contributed by atoms with Crippen LogP contribution in [-0.2, 0) is 14.3 Å². The molecule has 0 aromatic rings. The number of rotatable bonds is 43. The van der Waals surface area contributed by atoms with Crippen LogP contribution in [0.1, 0.15) is 226 Å². The predicted molar refractivity (Wildman–Crippen MR) is 252 cm³/mol. The summed E-state index contributed by atoms with van der Waals surface area (Å²) in [6.45, 7) is 3.44. The van der Waals surface area contributed by atoms with Gasteiger partial charge in [-0.2, -0.15) is 0 Å². The fourth-order valence-electron chi connectivity index (χ4n) is 8.22. The summed E-state index contributed by atoms with van der Waals surface area (Å²) in [6.07, 6.45) is 35.1. The summed E-state index contributed by atoms with van der Waals surface area (Å²) in [5, 5.41) is 75.8. The Hall–Kier alpha value is -1.41. The highest BCUT2D eigenvalue weighted by molar-refractivity contribution is 5.80. The van der Waals surface area contributed by atoms with Gasteiger partial charge >= 0.3 is 0 Å². The summed E-state index contributed by atoms with van der Waals surface area (Å²) in [5.74, 6) is -0.708. The first-order valence-electron chi connectivity index (χ1n) is 25.7. The smallest absolute Gasteiger partial charge is 0.249 e. The van der Waals surface area contributed by atoms with Gasteiger partial charge in [-0.3, -0.25) is 4.79 Å². The second-order valence-electron chi connectivity index (χ2n) is 18.2. The molecule has 366 valence electrons. The van der Waals surface area contributed by atoms with Crippen molar-refractivity contribution in [1.29, 1.82) is 0 Å². The van der Waals surface area contributed by atoms with Crippen molar-refractivity contribution in [3.63, 3.8) is 0 Å². The molecule has 1 aliphatic heterocycles. The summed E-state index contributed by atoms with van der Waals surface area (Å²) >= 11 is 0. The van der Waals surface area contributed by atoms with Crippen molar-refractivity contribution in [3.05, 3.63) is 24.3 Å². The van der Waals surface area contributed by atoms with Crippen LogP contribution in [0.3, 0.4) is 0 Å². The monoisotopic (exact) mass is 884 g/mol. The van der Waals surface area contributed by atoms with Gasteiger partial charge in [-0.1, -0.05) is 199 Å². The van der Waals surface area contributed by atoms with Crippen molar-refractivity contribution >= 4 is 5.91 Å². The third kappa shape index (κ3) is 29.9. The molecule has 0 radical (unpaired) electrons. The zero-order valence-electron chi connectivity index (χ0n) is 39.6. The minimum atomic E-state index is -1.67. The zero-order valence-corrected chi connectivity index (χ0v) is 39.6. The van der Waals surface area contributed by atoms with Crippen molar-refractivity contribution in [2.75, 3.05) is 13.2 Å². The molecule has 1 aliphatic rings. The van der Waals surface area contributed by atoms with E-state index in [9.17, 15) is 40.5 Å². The molecule has 1 saturated heterocycles. The van der Waals surface area contributed by atoms with Gasteiger partial charge in [0, 0.05) is 0 Å². The van der Waals surface area contributed by atoms with Gasteiger partial charge in [0.1, 0.15) is 36.6 Å². The van der Waals surface area contributed by atoms with Crippen LogP contribution in [-0.4, -0.2) is 110 Å². The number of nitrogens with one attached hydrogen (secondary N) is 1. The van der Waals surface area contributed by atoms with Crippen LogP contribution in [0.2, 0.25) is 0 Å². The molecule has 11 heteroatoms. The maximum absolute atomic E-state index is 13.1. The number of carbonyl (C=O) groups excluding carboxylic acids is 1. The summed E-state index contributed by atoms with van der Waals surface area (Å²) in [7, 11) is 0. The van der Waals surface area contributed by atoms with Gasteiger partial charge in [0.15, 0.2) is 6.29 Å². The Morgan fingerprint density at radius 3 is 1.44 bits per heavy atom. The molecule has 8 N–H and O–H groups in total. The number of carbonyl (C=O) groups is 1. The van der Waals surface area contributed by atoms with Crippen molar-refractivity contribution < 1.29 is 50.0 Å². The lowest BCUT2D eigenvalue weighted by molar-refractivity contribution is -0.303. The van der Waals surface area contributed by atoms with Crippen LogP contribution in [0.25, 0.3) is 0 Å². The Labute approximate surface area is 378 Å². The first-order chi connectivity index (χ1) is 30.2. The van der Waals surface area contributed by atoms with E-state index in [1.165, 1.54) is 141 Å².